The van der Waals surface area contributed by atoms with Crippen molar-refractivity contribution < 1.29 is 22.8 Å². The number of urea groups is 1. The minimum atomic E-state index is -3.55. The number of nitrogens with zero attached hydrogens (tertiary/aromatic N) is 4. The van der Waals surface area contributed by atoms with Gasteiger partial charge in [-0.05, 0) is 28.1 Å². The van der Waals surface area contributed by atoms with E-state index in [1.165, 1.54) is 11.4 Å². The largest absolute Gasteiger partial charge is 0.335 e. The van der Waals surface area contributed by atoms with Gasteiger partial charge in [-0.25, -0.2) is 18.1 Å². The van der Waals surface area contributed by atoms with Gasteiger partial charge in [-0.2, -0.15) is 4.31 Å². The molecule has 4 amide bonds. The first-order chi connectivity index (χ1) is 11.7. The SMILES string of the molecule is CN1C(=O)C(=O)N(CN2CCN(S(=O)(=O)c3ccc(Br)s3)CC2)C1=O. The lowest BCUT2D eigenvalue weighted by atomic mass is 10.4. The molecule has 0 aromatic carbocycles. The Morgan fingerprint density at radius 1 is 1.08 bits per heavy atom. The molecule has 3 heterocycles. The summed E-state index contributed by atoms with van der Waals surface area (Å²) in [4.78, 5) is 38.6. The lowest BCUT2D eigenvalue weighted by Crippen LogP contribution is -2.52. The molecule has 0 spiro atoms. The molecule has 0 bridgehead atoms. The van der Waals surface area contributed by atoms with Crippen molar-refractivity contribution in [2.45, 2.75) is 4.21 Å². The molecule has 0 atom stereocenters. The highest BCUT2D eigenvalue weighted by Crippen LogP contribution is 2.29. The van der Waals surface area contributed by atoms with Crippen LogP contribution in [-0.4, -0.2) is 85.2 Å². The van der Waals surface area contributed by atoms with Gasteiger partial charge >= 0.3 is 17.8 Å². The molecule has 1 aromatic heterocycles. The molecule has 0 unspecified atom stereocenters. The first-order valence-electron chi connectivity index (χ1n) is 7.33. The fourth-order valence-corrected chi connectivity index (χ4v) is 6.20. The van der Waals surface area contributed by atoms with Crippen molar-refractivity contribution in [1.29, 1.82) is 0 Å². The molecular weight excluding hydrogens is 436 g/mol. The fraction of sp³-hybridized carbons (Fsp3) is 0.462. The smallest absolute Gasteiger partial charge is 0.283 e. The van der Waals surface area contributed by atoms with Crippen LogP contribution in [0.1, 0.15) is 0 Å². The Labute approximate surface area is 156 Å². The zero-order valence-corrected chi connectivity index (χ0v) is 16.4. The van der Waals surface area contributed by atoms with Crippen LogP contribution < -0.4 is 0 Å². The molecular formula is C13H15BrN4O5S2. The number of halogens is 1. The number of likely N-dealkylation sites (N-methyl/N-ethyl adjacent to an activating group) is 1. The van der Waals surface area contributed by atoms with Crippen molar-refractivity contribution in [3.8, 4) is 0 Å². The van der Waals surface area contributed by atoms with Crippen molar-refractivity contribution in [1.82, 2.24) is 19.0 Å². The van der Waals surface area contributed by atoms with Crippen LogP contribution in [0.15, 0.2) is 20.1 Å². The molecule has 9 nitrogen and oxygen atoms in total. The van der Waals surface area contributed by atoms with E-state index in [0.717, 1.165) is 24.9 Å². The Morgan fingerprint density at radius 3 is 2.20 bits per heavy atom. The van der Waals surface area contributed by atoms with Crippen LogP contribution in [0.4, 0.5) is 4.79 Å². The van der Waals surface area contributed by atoms with E-state index < -0.39 is 27.9 Å². The fourth-order valence-electron chi connectivity index (χ4n) is 2.61. The maximum Gasteiger partial charge on any atom is 0.335 e. The third-order valence-corrected chi connectivity index (χ3v) is 8.06. The number of carbonyl (C=O) groups excluding carboxylic acids is 3. The van der Waals surface area contributed by atoms with Gasteiger partial charge in [0.2, 0.25) is 0 Å². The van der Waals surface area contributed by atoms with Crippen LogP contribution in [0.2, 0.25) is 0 Å². The Bertz CT molecular complexity index is 831. The molecule has 1 aromatic rings. The lowest BCUT2D eigenvalue weighted by Gasteiger charge is -2.34. The van der Waals surface area contributed by atoms with Crippen molar-refractivity contribution in [2.75, 3.05) is 39.9 Å². The van der Waals surface area contributed by atoms with Crippen LogP contribution in [-0.2, 0) is 19.6 Å². The summed E-state index contributed by atoms with van der Waals surface area (Å²) in [7, 11) is -2.29. The van der Waals surface area contributed by atoms with Gasteiger partial charge in [0.25, 0.3) is 10.0 Å². The minimum absolute atomic E-state index is 0.0216. The average Bonchev–Trinajstić information content (AvgIpc) is 3.10. The molecule has 2 aliphatic rings. The molecule has 0 saturated carbocycles. The van der Waals surface area contributed by atoms with E-state index in [4.69, 9.17) is 0 Å². The maximum absolute atomic E-state index is 12.6. The summed E-state index contributed by atoms with van der Waals surface area (Å²) in [5, 5.41) is 0. The van der Waals surface area contributed by atoms with E-state index in [0.29, 0.717) is 13.1 Å². The summed E-state index contributed by atoms with van der Waals surface area (Å²) in [6.07, 6.45) is 0. The number of thiophene rings is 1. The zero-order chi connectivity index (χ0) is 18.4. The van der Waals surface area contributed by atoms with Crippen LogP contribution >= 0.6 is 27.3 Å². The average molecular weight is 451 g/mol. The zero-order valence-electron chi connectivity index (χ0n) is 13.2. The molecule has 2 aliphatic heterocycles. The van der Waals surface area contributed by atoms with E-state index >= 15 is 0 Å². The van der Waals surface area contributed by atoms with Gasteiger partial charge in [0.1, 0.15) is 4.21 Å². The summed E-state index contributed by atoms with van der Waals surface area (Å²) < 4.78 is 27.5. The van der Waals surface area contributed by atoms with Crippen LogP contribution in [0.25, 0.3) is 0 Å². The topological polar surface area (TPSA) is 98.3 Å². The summed E-state index contributed by atoms with van der Waals surface area (Å²) in [6.45, 7) is 1.20. The second-order valence-electron chi connectivity index (χ2n) is 5.60. The highest BCUT2D eigenvalue weighted by atomic mass is 79.9. The molecule has 0 radical (unpaired) electrons. The number of hydrogen-bond donors (Lipinski definition) is 0. The van der Waals surface area contributed by atoms with E-state index in [-0.39, 0.29) is 24.0 Å². The Kier molecular flexibility index (Phi) is 4.99. The number of hydrogen-bond acceptors (Lipinski definition) is 7. The summed E-state index contributed by atoms with van der Waals surface area (Å²) in [6, 6.07) is 2.58. The standard InChI is InChI=1S/C13H15BrN4O5S2/c1-15-11(19)12(20)18(13(15)21)8-16-4-6-17(7-5-16)25(22,23)10-3-2-9(14)24-10/h2-3H,4-8H2,1H3. The van der Waals surface area contributed by atoms with Gasteiger partial charge in [0, 0.05) is 33.2 Å². The highest BCUT2D eigenvalue weighted by Gasteiger charge is 2.43. The number of amides is 4. The van der Waals surface area contributed by atoms with Gasteiger partial charge in [-0.15, -0.1) is 11.3 Å². The van der Waals surface area contributed by atoms with E-state index in [1.807, 2.05) is 0 Å². The monoisotopic (exact) mass is 450 g/mol. The first-order valence-corrected chi connectivity index (χ1v) is 10.4. The van der Waals surface area contributed by atoms with Gasteiger partial charge in [0.15, 0.2) is 0 Å². The van der Waals surface area contributed by atoms with Crippen molar-refractivity contribution in [2.24, 2.45) is 0 Å². The maximum atomic E-state index is 12.6. The minimum Gasteiger partial charge on any atom is -0.283 e. The lowest BCUT2D eigenvalue weighted by molar-refractivity contribution is -0.143. The third kappa shape index (κ3) is 3.36. The van der Waals surface area contributed by atoms with E-state index in [1.54, 1.807) is 17.0 Å². The molecule has 25 heavy (non-hydrogen) atoms. The van der Waals surface area contributed by atoms with Crippen LogP contribution in [0, 0.1) is 0 Å². The molecule has 0 aliphatic carbocycles. The van der Waals surface area contributed by atoms with Crippen LogP contribution in [0.3, 0.4) is 0 Å². The Morgan fingerprint density at radius 2 is 1.72 bits per heavy atom. The molecule has 136 valence electrons. The van der Waals surface area contributed by atoms with Gasteiger partial charge in [-0.1, -0.05) is 0 Å². The Hall–Kier alpha value is -1.34. The highest BCUT2D eigenvalue weighted by molar-refractivity contribution is 9.11. The number of rotatable bonds is 4. The number of sulfonamides is 1. The summed E-state index contributed by atoms with van der Waals surface area (Å²) in [5.74, 6) is -1.71. The second-order valence-corrected chi connectivity index (χ2v) is 10.2. The van der Waals surface area contributed by atoms with E-state index in [2.05, 4.69) is 15.9 Å². The van der Waals surface area contributed by atoms with Gasteiger partial charge in [0.05, 0.1) is 10.5 Å². The molecule has 2 saturated heterocycles. The van der Waals surface area contributed by atoms with Gasteiger partial charge in [-0.3, -0.25) is 19.4 Å². The summed E-state index contributed by atoms with van der Waals surface area (Å²) >= 11 is 4.40. The van der Waals surface area contributed by atoms with Crippen LogP contribution in [0.5, 0.6) is 0 Å². The quantitative estimate of drug-likeness (QED) is 0.479. The van der Waals surface area contributed by atoms with Gasteiger partial charge < -0.3 is 0 Å². The summed E-state index contributed by atoms with van der Waals surface area (Å²) in [5.41, 5.74) is 0. The Balaban J connectivity index is 1.62. The van der Waals surface area contributed by atoms with Crippen molar-refractivity contribution in [3.63, 3.8) is 0 Å². The molecule has 0 N–H and O–H groups in total. The number of piperazine rings is 1. The first kappa shape index (κ1) is 18.5. The van der Waals surface area contributed by atoms with Crippen molar-refractivity contribution in [3.05, 3.63) is 15.9 Å². The molecule has 12 heteroatoms. The number of imide groups is 2. The predicted molar refractivity (Wildman–Crippen MR) is 92.2 cm³/mol. The normalized spacial score (nSPS) is 20.8. The van der Waals surface area contributed by atoms with E-state index in [9.17, 15) is 22.8 Å². The van der Waals surface area contributed by atoms with Crippen molar-refractivity contribution >= 4 is 55.1 Å². The molecule has 2 fully saturated rings. The molecule has 3 rings (SSSR count). The second kappa shape index (κ2) is 6.76. The predicted octanol–water partition coefficient (Wildman–Crippen LogP) is 0.195. The third-order valence-electron chi connectivity index (χ3n) is 4.07. The number of carbonyl (C=O) groups is 3.